The van der Waals surface area contributed by atoms with Gasteiger partial charge >= 0.3 is 0 Å². The summed E-state index contributed by atoms with van der Waals surface area (Å²) in [5.41, 5.74) is 0.832. The molecular weight excluding hydrogens is 594 g/mol. The fourth-order valence-electron chi connectivity index (χ4n) is 4.56. The third-order valence-electron chi connectivity index (χ3n) is 6.64. The van der Waals surface area contributed by atoms with Crippen LogP contribution in [-0.2, 0) is 26.2 Å². The molecule has 1 atom stereocenters. The molecule has 0 bridgehead atoms. The molecule has 12 heteroatoms. The molecule has 3 rings (SSSR count). The van der Waals surface area contributed by atoms with Gasteiger partial charge in [0.15, 0.2) is 11.5 Å². The van der Waals surface area contributed by atoms with E-state index in [0.717, 1.165) is 9.87 Å². The van der Waals surface area contributed by atoms with Gasteiger partial charge in [-0.3, -0.25) is 13.9 Å². The molecule has 0 aromatic heterocycles. The van der Waals surface area contributed by atoms with Gasteiger partial charge in [0.25, 0.3) is 10.0 Å². The van der Waals surface area contributed by atoms with Crippen molar-refractivity contribution >= 4 is 39.1 Å². The van der Waals surface area contributed by atoms with Crippen LogP contribution in [0.15, 0.2) is 71.6 Å². The van der Waals surface area contributed by atoms with Crippen molar-refractivity contribution in [2.45, 2.75) is 50.7 Å². The van der Waals surface area contributed by atoms with Crippen molar-refractivity contribution < 1.29 is 32.2 Å². The molecule has 3 aromatic carbocycles. The zero-order valence-electron chi connectivity index (χ0n) is 25.2. The Morgan fingerprint density at radius 2 is 1.51 bits per heavy atom. The minimum atomic E-state index is -4.42. The number of carbonyl (C=O) groups is 2. The van der Waals surface area contributed by atoms with E-state index in [4.69, 9.17) is 25.8 Å². The Bertz CT molecular complexity index is 1520. The van der Waals surface area contributed by atoms with Crippen molar-refractivity contribution in [1.29, 1.82) is 0 Å². The van der Waals surface area contributed by atoms with Gasteiger partial charge in [0, 0.05) is 23.7 Å². The lowest BCUT2D eigenvalue weighted by molar-refractivity contribution is -0.140. The van der Waals surface area contributed by atoms with Gasteiger partial charge in [-0.15, -0.1) is 0 Å². The summed E-state index contributed by atoms with van der Waals surface area (Å²) in [7, 11) is -0.201. The number of hydrogen-bond donors (Lipinski definition) is 1. The van der Waals surface area contributed by atoms with Crippen LogP contribution in [0.3, 0.4) is 0 Å². The summed E-state index contributed by atoms with van der Waals surface area (Å²) in [5.74, 6) is -0.229. The van der Waals surface area contributed by atoms with Crippen LogP contribution in [-0.4, -0.2) is 65.1 Å². The van der Waals surface area contributed by atoms with Crippen molar-refractivity contribution in [3.8, 4) is 17.2 Å². The topological polar surface area (TPSA) is 114 Å². The summed E-state index contributed by atoms with van der Waals surface area (Å²) in [4.78, 5) is 28.8. The Morgan fingerprint density at radius 1 is 0.884 bits per heavy atom. The number of carbonyl (C=O) groups excluding carboxylic acids is 2. The maximum absolute atomic E-state index is 14.3. The Kier molecular flexibility index (Phi) is 11.7. The SMILES string of the molecule is CC[C@H](C(=O)NC(C)C)N(Cc1ccccc1)C(=O)CN(c1cc(Cl)ccc1OC)S(=O)(=O)c1ccc(OC)c(OC)c1. The van der Waals surface area contributed by atoms with Crippen LogP contribution in [0.25, 0.3) is 0 Å². The zero-order valence-corrected chi connectivity index (χ0v) is 26.7. The first-order valence-corrected chi connectivity index (χ1v) is 15.5. The summed E-state index contributed by atoms with van der Waals surface area (Å²) >= 11 is 6.31. The highest BCUT2D eigenvalue weighted by atomic mass is 35.5. The van der Waals surface area contributed by atoms with Gasteiger partial charge < -0.3 is 24.4 Å². The molecule has 0 aliphatic rings. The molecule has 0 radical (unpaired) electrons. The standard InChI is InChI=1S/C31H38ClN3O7S/c1-7-25(31(37)33-21(2)3)34(19-22-11-9-8-10-12-22)30(36)20-35(26-17-23(32)13-15-27(26)40-4)43(38,39)24-14-16-28(41-5)29(18-24)42-6/h8-18,21,25H,7,19-20H2,1-6H3,(H,33,37)/t25-/m1/s1. The largest absolute Gasteiger partial charge is 0.495 e. The number of methoxy groups -OCH3 is 3. The van der Waals surface area contributed by atoms with Crippen molar-refractivity contribution in [2.24, 2.45) is 0 Å². The highest BCUT2D eigenvalue weighted by Gasteiger charge is 2.35. The first-order valence-electron chi connectivity index (χ1n) is 13.7. The zero-order chi connectivity index (χ0) is 31.7. The van der Waals surface area contributed by atoms with Gasteiger partial charge in [-0.1, -0.05) is 48.9 Å². The lowest BCUT2D eigenvalue weighted by Gasteiger charge is -2.34. The van der Waals surface area contributed by atoms with E-state index in [9.17, 15) is 18.0 Å². The number of halogens is 1. The molecule has 0 spiro atoms. The van der Waals surface area contributed by atoms with Crippen molar-refractivity contribution in [1.82, 2.24) is 10.2 Å². The van der Waals surface area contributed by atoms with E-state index in [1.165, 1.54) is 56.6 Å². The Labute approximate surface area is 258 Å². The Morgan fingerprint density at radius 3 is 2.09 bits per heavy atom. The fraction of sp³-hybridized carbons (Fsp3) is 0.355. The molecule has 0 heterocycles. The van der Waals surface area contributed by atoms with E-state index in [-0.39, 0.29) is 45.6 Å². The number of sulfonamides is 1. The quantitative estimate of drug-likeness (QED) is 0.269. The number of ether oxygens (including phenoxy) is 3. The Balaban J connectivity index is 2.17. The molecule has 10 nitrogen and oxygen atoms in total. The van der Waals surface area contributed by atoms with E-state index >= 15 is 0 Å². The minimum absolute atomic E-state index is 0.0532. The van der Waals surface area contributed by atoms with E-state index in [2.05, 4.69) is 5.32 Å². The molecule has 0 fully saturated rings. The smallest absolute Gasteiger partial charge is 0.265 e. The number of hydrogen-bond acceptors (Lipinski definition) is 7. The van der Waals surface area contributed by atoms with Crippen LogP contribution in [0.5, 0.6) is 17.2 Å². The molecule has 2 amide bonds. The minimum Gasteiger partial charge on any atom is -0.495 e. The maximum Gasteiger partial charge on any atom is 0.265 e. The summed E-state index contributed by atoms with van der Waals surface area (Å²) < 4.78 is 45.6. The van der Waals surface area contributed by atoms with Crippen LogP contribution < -0.4 is 23.8 Å². The number of amides is 2. The van der Waals surface area contributed by atoms with Crippen LogP contribution >= 0.6 is 11.6 Å². The third-order valence-corrected chi connectivity index (χ3v) is 8.63. The Hall–Kier alpha value is -3.96. The monoisotopic (exact) mass is 631 g/mol. The second-order valence-corrected chi connectivity index (χ2v) is 12.2. The first kappa shape index (κ1) is 33.5. The first-order chi connectivity index (χ1) is 20.5. The number of rotatable bonds is 14. The highest BCUT2D eigenvalue weighted by molar-refractivity contribution is 7.92. The highest BCUT2D eigenvalue weighted by Crippen LogP contribution is 2.37. The van der Waals surface area contributed by atoms with Gasteiger partial charge in [-0.05, 0) is 56.2 Å². The average Bonchev–Trinajstić information content (AvgIpc) is 2.99. The lowest BCUT2D eigenvalue weighted by atomic mass is 10.1. The third kappa shape index (κ3) is 8.11. The lowest BCUT2D eigenvalue weighted by Crippen LogP contribution is -2.53. The van der Waals surface area contributed by atoms with E-state index < -0.39 is 28.5 Å². The number of benzene rings is 3. The molecule has 43 heavy (non-hydrogen) atoms. The van der Waals surface area contributed by atoms with Gasteiger partial charge in [0.2, 0.25) is 11.8 Å². The van der Waals surface area contributed by atoms with Crippen molar-refractivity contribution in [3.63, 3.8) is 0 Å². The molecule has 0 aliphatic carbocycles. The fourth-order valence-corrected chi connectivity index (χ4v) is 6.15. The molecule has 0 saturated carbocycles. The van der Waals surface area contributed by atoms with E-state index in [0.29, 0.717) is 12.2 Å². The van der Waals surface area contributed by atoms with Gasteiger partial charge in [0.1, 0.15) is 18.3 Å². The molecule has 3 aromatic rings. The van der Waals surface area contributed by atoms with Crippen LogP contribution in [0.2, 0.25) is 5.02 Å². The number of anilines is 1. The molecular formula is C31H38ClN3O7S. The van der Waals surface area contributed by atoms with E-state index in [1.807, 2.05) is 44.2 Å². The van der Waals surface area contributed by atoms with Crippen LogP contribution in [0, 0.1) is 0 Å². The van der Waals surface area contributed by atoms with E-state index in [1.54, 1.807) is 13.0 Å². The summed E-state index contributed by atoms with van der Waals surface area (Å²) in [5, 5.41) is 3.11. The van der Waals surface area contributed by atoms with Crippen LogP contribution in [0.4, 0.5) is 5.69 Å². The second kappa shape index (κ2) is 15.0. The van der Waals surface area contributed by atoms with Gasteiger partial charge in [-0.2, -0.15) is 0 Å². The number of nitrogens with one attached hydrogen (secondary N) is 1. The molecule has 0 aliphatic heterocycles. The molecule has 0 saturated heterocycles. The van der Waals surface area contributed by atoms with Crippen molar-refractivity contribution in [3.05, 3.63) is 77.3 Å². The maximum atomic E-state index is 14.3. The average molecular weight is 632 g/mol. The molecule has 232 valence electrons. The summed E-state index contributed by atoms with van der Waals surface area (Å²) in [6.07, 6.45) is 0.306. The summed E-state index contributed by atoms with van der Waals surface area (Å²) in [6.45, 7) is 4.90. The van der Waals surface area contributed by atoms with Crippen LogP contribution in [0.1, 0.15) is 32.8 Å². The second-order valence-electron chi connectivity index (χ2n) is 9.94. The molecule has 1 N–H and O–H groups in total. The van der Waals surface area contributed by atoms with Gasteiger partial charge in [-0.25, -0.2) is 8.42 Å². The predicted molar refractivity (Wildman–Crippen MR) is 166 cm³/mol. The van der Waals surface area contributed by atoms with Gasteiger partial charge in [0.05, 0.1) is 31.9 Å². The number of nitrogens with zero attached hydrogens (tertiary/aromatic N) is 2. The van der Waals surface area contributed by atoms with Crippen molar-refractivity contribution in [2.75, 3.05) is 32.2 Å². The molecule has 0 unspecified atom stereocenters. The predicted octanol–water partition coefficient (Wildman–Crippen LogP) is 4.89. The summed E-state index contributed by atoms with van der Waals surface area (Å²) in [6, 6.07) is 16.8. The normalized spacial score (nSPS) is 11.9.